The molecular formula is C9H10N4O2S. The van der Waals surface area contributed by atoms with Gasteiger partial charge in [-0.3, -0.25) is 10.1 Å². The molecule has 2 rings (SSSR count). The summed E-state index contributed by atoms with van der Waals surface area (Å²) < 4.78 is 4.79. The number of nitrogens with zero attached hydrogens (tertiary/aromatic N) is 2. The first-order chi connectivity index (χ1) is 7.70. The fraction of sp³-hybridized carbons (Fsp3) is 0.222. The van der Waals surface area contributed by atoms with Crippen molar-refractivity contribution >= 4 is 23.2 Å². The van der Waals surface area contributed by atoms with Crippen molar-refractivity contribution in [2.24, 2.45) is 0 Å². The molecule has 1 amide bonds. The molecule has 6 nitrogen and oxygen atoms in total. The Bertz CT molecular complexity index is 505. The van der Waals surface area contributed by atoms with Gasteiger partial charge >= 0.3 is 6.01 Å². The fourth-order valence-electron chi connectivity index (χ4n) is 1.16. The van der Waals surface area contributed by atoms with Crippen molar-refractivity contribution in [2.75, 3.05) is 12.4 Å². The van der Waals surface area contributed by atoms with Crippen LogP contribution in [0.5, 0.6) is 6.01 Å². The van der Waals surface area contributed by atoms with Crippen LogP contribution in [-0.2, 0) is 0 Å². The Morgan fingerprint density at radius 2 is 2.44 bits per heavy atom. The van der Waals surface area contributed by atoms with Gasteiger partial charge in [-0.1, -0.05) is 0 Å². The van der Waals surface area contributed by atoms with Crippen LogP contribution in [0.3, 0.4) is 0 Å². The van der Waals surface area contributed by atoms with E-state index >= 15 is 0 Å². The van der Waals surface area contributed by atoms with Crippen LogP contribution in [0.15, 0.2) is 11.4 Å². The van der Waals surface area contributed by atoms with Gasteiger partial charge in [-0.15, -0.1) is 16.4 Å². The van der Waals surface area contributed by atoms with Crippen LogP contribution >= 0.6 is 11.3 Å². The number of anilines is 1. The van der Waals surface area contributed by atoms with Crippen LogP contribution in [0.2, 0.25) is 0 Å². The Hall–Kier alpha value is -1.89. The third-order valence-corrected chi connectivity index (χ3v) is 2.96. The second kappa shape index (κ2) is 4.31. The average Bonchev–Trinajstić information content (AvgIpc) is 2.86. The van der Waals surface area contributed by atoms with E-state index in [2.05, 4.69) is 20.5 Å². The second-order valence-electron chi connectivity index (χ2n) is 3.06. The molecule has 0 saturated heterocycles. The van der Waals surface area contributed by atoms with E-state index in [9.17, 15) is 4.79 Å². The van der Waals surface area contributed by atoms with Crippen molar-refractivity contribution in [3.63, 3.8) is 0 Å². The topological polar surface area (TPSA) is 79.9 Å². The Morgan fingerprint density at radius 3 is 3.00 bits per heavy atom. The molecule has 0 aliphatic heterocycles. The summed E-state index contributed by atoms with van der Waals surface area (Å²) in [6.07, 6.45) is 0. The SMILES string of the molecule is COc1n[nH]c(NC(=O)c2sccc2C)n1. The number of aromatic amines is 1. The molecule has 0 bridgehead atoms. The van der Waals surface area contributed by atoms with Crippen molar-refractivity contribution in [1.82, 2.24) is 15.2 Å². The first-order valence-corrected chi connectivity index (χ1v) is 5.40. The number of H-pyrrole nitrogens is 1. The van der Waals surface area contributed by atoms with Gasteiger partial charge in [0.1, 0.15) is 0 Å². The third-order valence-electron chi connectivity index (χ3n) is 1.95. The Labute approximate surface area is 95.7 Å². The van der Waals surface area contributed by atoms with Crippen molar-refractivity contribution in [1.29, 1.82) is 0 Å². The van der Waals surface area contributed by atoms with E-state index in [1.165, 1.54) is 18.4 Å². The van der Waals surface area contributed by atoms with E-state index in [1.54, 1.807) is 0 Å². The molecule has 84 valence electrons. The first-order valence-electron chi connectivity index (χ1n) is 4.52. The number of hydrogen-bond donors (Lipinski definition) is 2. The van der Waals surface area contributed by atoms with Crippen LogP contribution < -0.4 is 10.1 Å². The number of rotatable bonds is 3. The minimum absolute atomic E-state index is 0.193. The Balaban J connectivity index is 2.11. The normalized spacial score (nSPS) is 10.1. The fourth-order valence-corrected chi connectivity index (χ4v) is 1.98. The molecule has 0 aliphatic carbocycles. The highest BCUT2D eigenvalue weighted by molar-refractivity contribution is 7.12. The van der Waals surface area contributed by atoms with Gasteiger partial charge in [-0.25, -0.2) is 5.10 Å². The summed E-state index contributed by atoms with van der Waals surface area (Å²) in [5.41, 5.74) is 0.939. The summed E-state index contributed by atoms with van der Waals surface area (Å²) in [5, 5.41) is 10.7. The lowest BCUT2D eigenvalue weighted by molar-refractivity contribution is 0.102. The molecule has 0 aliphatic rings. The molecule has 0 saturated carbocycles. The van der Waals surface area contributed by atoms with E-state index in [-0.39, 0.29) is 17.9 Å². The van der Waals surface area contributed by atoms with Crippen LogP contribution in [0, 0.1) is 6.92 Å². The minimum Gasteiger partial charge on any atom is -0.466 e. The lowest BCUT2D eigenvalue weighted by Gasteiger charge is -1.99. The number of nitrogens with one attached hydrogen (secondary N) is 2. The summed E-state index contributed by atoms with van der Waals surface area (Å²) in [6, 6.07) is 2.08. The molecule has 2 aromatic heterocycles. The van der Waals surface area contributed by atoms with Crippen molar-refractivity contribution in [3.8, 4) is 6.01 Å². The quantitative estimate of drug-likeness (QED) is 0.847. The van der Waals surface area contributed by atoms with E-state index < -0.39 is 0 Å². The van der Waals surface area contributed by atoms with Crippen LogP contribution in [0.1, 0.15) is 15.2 Å². The zero-order valence-corrected chi connectivity index (χ0v) is 9.59. The van der Waals surface area contributed by atoms with Crippen molar-refractivity contribution < 1.29 is 9.53 Å². The predicted molar refractivity (Wildman–Crippen MR) is 59.9 cm³/mol. The first kappa shape index (κ1) is 10.6. The smallest absolute Gasteiger partial charge is 0.336 e. The third kappa shape index (κ3) is 2.03. The summed E-state index contributed by atoms with van der Waals surface area (Å²) in [4.78, 5) is 16.3. The highest BCUT2D eigenvalue weighted by Crippen LogP contribution is 2.16. The standard InChI is InChI=1S/C9H10N4O2S/c1-5-3-4-16-6(5)7(14)10-8-11-9(15-2)13-12-8/h3-4H,1-2H3,(H2,10,11,12,13,14). The van der Waals surface area contributed by atoms with Crippen molar-refractivity contribution in [3.05, 3.63) is 21.9 Å². The molecule has 2 aromatic rings. The van der Waals surface area contributed by atoms with Gasteiger partial charge in [0.25, 0.3) is 5.91 Å². The van der Waals surface area contributed by atoms with Crippen molar-refractivity contribution in [2.45, 2.75) is 6.92 Å². The number of carbonyl (C=O) groups excluding carboxylic acids is 1. The highest BCUT2D eigenvalue weighted by atomic mass is 32.1. The van der Waals surface area contributed by atoms with Gasteiger partial charge in [0.2, 0.25) is 5.95 Å². The highest BCUT2D eigenvalue weighted by Gasteiger charge is 2.12. The van der Waals surface area contributed by atoms with E-state index in [0.29, 0.717) is 4.88 Å². The Morgan fingerprint density at radius 1 is 1.62 bits per heavy atom. The maximum absolute atomic E-state index is 11.8. The number of amides is 1. The molecule has 0 fully saturated rings. The summed E-state index contributed by atoms with van der Waals surface area (Å²) in [5.74, 6) is 0.0703. The number of hydrogen-bond acceptors (Lipinski definition) is 5. The summed E-state index contributed by atoms with van der Waals surface area (Å²) in [6.45, 7) is 1.88. The monoisotopic (exact) mass is 238 g/mol. The number of aryl methyl sites for hydroxylation is 1. The largest absolute Gasteiger partial charge is 0.466 e. The lowest BCUT2D eigenvalue weighted by atomic mass is 10.3. The molecule has 0 spiro atoms. The van der Waals surface area contributed by atoms with Crippen LogP contribution in [-0.4, -0.2) is 28.2 Å². The van der Waals surface area contributed by atoms with Gasteiger partial charge < -0.3 is 4.74 Å². The number of aromatic nitrogens is 3. The van der Waals surface area contributed by atoms with Crippen LogP contribution in [0.4, 0.5) is 5.95 Å². The number of carbonyl (C=O) groups is 1. The maximum atomic E-state index is 11.8. The molecule has 2 N–H and O–H groups in total. The predicted octanol–water partition coefficient (Wildman–Crippen LogP) is 1.44. The van der Waals surface area contributed by atoms with Gasteiger partial charge in [0, 0.05) is 0 Å². The summed E-state index contributed by atoms with van der Waals surface area (Å²) in [7, 11) is 1.46. The zero-order valence-electron chi connectivity index (χ0n) is 8.77. The van der Waals surface area contributed by atoms with E-state index in [1.807, 2.05) is 18.4 Å². The second-order valence-corrected chi connectivity index (χ2v) is 3.97. The van der Waals surface area contributed by atoms with Gasteiger partial charge in [0.05, 0.1) is 12.0 Å². The Kier molecular flexibility index (Phi) is 2.86. The molecule has 0 unspecified atom stereocenters. The molecule has 0 atom stereocenters. The minimum atomic E-state index is -0.202. The van der Waals surface area contributed by atoms with E-state index in [0.717, 1.165) is 5.56 Å². The maximum Gasteiger partial charge on any atom is 0.336 e. The van der Waals surface area contributed by atoms with E-state index in [4.69, 9.17) is 4.74 Å². The van der Waals surface area contributed by atoms with Gasteiger partial charge in [-0.2, -0.15) is 4.98 Å². The molecule has 16 heavy (non-hydrogen) atoms. The molecule has 7 heteroatoms. The van der Waals surface area contributed by atoms with Gasteiger partial charge in [0.15, 0.2) is 0 Å². The summed E-state index contributed by atoms with van der Waals surface area (Å²) >= 11 is 1.38. The molecule has 0 radical (unpaired) electrons. The number of ether oxygens (including phenoxy) is 1. The number of methoxy groups -OCH3 is 1. The molecule has 0 aromatic carbocycles. The number of thiophene rings is 1. The molecule has 2 heterocycles. The lowest BCUT2D eigenvalue weighted by Crippen LogP contribution is -2.12. The zero-order chi connectivity index (χ0) is 11.5. The van der Waals surface area contributed by atoms with Crippen LogP contribution in [0.25, 0.3) is 0 Å². The molecular weight excluding hydrogens is 228 g/mol. The average molecular weight is 238 g/mol. The van der Waals surface area contributed by atoms with Gasteiger partial charge in [-0.05, 0) is 23.9 Å².